The Hall–Kier alpha value is -3.21. The van der Waals surface area contributed by atoms with Crippen molar-refractivity contribution in [1.29, 1.82) is 0 Å². The Kier molecular flexibility index (Phi) is 7.15. The number of carbonyl (C=O) groups excluding carboxylic acids is 1. The number of carbonyl (C=O) groups is 1. The summed E-state index contributed by atoms with van der Waals surface area (Å²) in [7, 11) is 0. The van der Waals surface area contributed by atoms with Crippen LogP contribution in [0.15, 0.2) is 66.9 Å². The Labute approximate surface area is 189 Å². The average molecular weight is 433 g/mol. The zero-order valence-corrected chi connectivity index (χ0v) is 18.5. The number of aromatic nitrogens is 1. The lowest BCUT2D eigenvalue weighted by atomic mass is 9.93. The van der Waals surface area contributed by atoms with Gasteiger partial charge in [-0.1, -0.05) is 30.3 Å². The lowest BCUT2D eigenvalue weighted by Gasteiger charge is -2.32. The first-order chi connectivity index (χ1) is 15.6. The third kappa shape index (κ3) is 5.72. The molecule has 1 aliphatic heterocycles. The minimum atomic E-state index is -0.281. The maximum atomic E-state index is 13.1. The van der Waals surface area contributed by atoms with Crippen molar-refractivity contribution in [2.24, 2.45) is 0 Å². The number of amides is 1. The zero-order valence-electron chi connectivity index (χ0n) is 18.5. The number of benzene rings is 2. The van der Waals surface area contributed by atoms with E-state index in [1.807, 2.05) is 30.2 Å². The Morgan fingerprint density at radius 1 is 1.03 bits per heavy atom. The second kappa shape index (κ2) is 10.4. The number of hydrogen-bond donors (Lipinski definition) is 0. The van der Waals surface area contributed by atoms with Crippen LogP contribution in [0.4, 0.5) is 4.39 Å². The molecule has 32 heavy (non-hydrogen) atoms. The number of halogens is 1. The van der Waals surface area contributed by atoms with Crippen molar-refractivity contribution in [3.05, 3.63) is 95.1 Å². The van der Waals surface area contributed by atoms with Crippen molar-refractivity contribution in [1.82, 2.24) is 9.88 Å². The van der Waals surface area contributed by atoms with Crippen molar-refractivity contribution in [3.8, 4) is 5.75 Å². The Bertz CT molecular complexity index is 1020. The molecule has 0 bridgehead atoms. The molecule has 1 fully saturated rings. The first kappa shape index (κ1) is 22.0. The van der Waals surface area contributed by atoms with Crippen LogP contribution in [0, 0.1) is 5.82 Å². The highest BCUT2D eigenvalue weighted by Gasteiger charge is 2.25. The summed E-state index contributed by atoms with van der Waals surface area (Å²) in [5, 5.41) is 0. The minimum absolute atomic E-state index is 0.0911. The van der Waals surface area contributed by atoms with Gasteiger partial charge < -0.3 is 9.64 Å². The molecule has 0 radical (unpaired) electrons. The van der Waals surface area contributed by atoms with Gasteiger partial charge in [0.05, 0.1) is 13.0 Å². The van der Waals surface area contributed by atoms with Gasteiger partial charge in [-0.05, 0) is 73.2 Å². The van der Waals surface area contributed by atoms with Gasteiger partial charge in [0, 0.05) is 30.9 Å². The van der Waals surface area contributed by atoms with Crippen molar-refractivity contribution < 1.29 is 13.9 Å². The standard InChI is InChI=1S/C27H29FN2O2/c1-2-32-25-12-7-20(8-13-25)16-22-9-14-26(29-18-22)23-4-3-15-30(19-23)27(31)17-21-5-10-24(28)11-6-21/h5-14,18,23H,2-4,15-17,19H2,1H3/t23-/m1/s1. The molecular weight excluding hydrogens is 403 g/mol. The fourth-order valence-electron chi connectivity index (χ4n) is 4.22. The summed E-state index contributed by atoms with van der Waals surface area (Å²) < 4.78 is 18.6. The molecular formula is C27H29FN2O2. The first-order valence-electron chi connectivity index (χ1n) is 11.3. The van der Waals surface area contributed by atoms with Crippen LogP contribution in [-0.4, -0.2) is 35.5 Å². The number of hydrogen-bond acceptors (Lipinski definition) is 3. The molecule has 1 atom stereocenters. The topological polar surface area (TPSA) is 42.4 Å². The number of rotatable bonds is 7. The van der Waals surface area contributed by atoms with Crippen LogP contribution in [0.25, 0.3) is 0 Å². The fraction of sp³-hybridized carbons (Fsp3) is 0.333. The highest BCUT2D eigenvalue weighted by molar-refractivity contribution is 5.79. The highest BCUT2D eigenvalue weighted by Crippen LogP contribution is 2.26. The van der Waals surface area contributed by atoms with E-state index in [0.717, 1.165) is 48.4 Å². The van der Waals surface area contributed by atoms with E-state index in [9.17, 15) is 9.18 Å². The molecule has 4 rings (SSSR count). The van der Waals surface area contributed by atoms with Gasteiger partial charge in [-0.25, -0.2) is 4.39 Å². The fourth-order valence-corrected chi connectivity index (χ4v) is 4.22. The predicted molar refractivity (Wildman–Crippen MR) is 123 cm³/mol. The largest absolute Gasteiger partial charge is 0.494 e. The summed E-state index contributed by atoms with van der Waals surface area (Å²) in [6.45, 7) is 4.10. The van der Waals surface area contributed by atoms with Crippen LogP contribution < -0.4 is 4.74 Å². The molecule has 1 amide bonds. The second-order valence-electron chi connectivity index (χ2n) is 8.33. The summed E-state index contributed by atoms with van der Waals surface area (Å²) in [5.41, 5.74) is 4.27. The van der Waals surface area contributed by atoms with E-state index in [1.165, 1.54) is 17.7 Å². The smallest absolute Gasteiger partial charge is 0.227 e. The lowest BCUT2D eigenvalue weighted by Crippen LogP contribution is -2.40. The molecule has 2 aromatic carbocycles. The number of piperidine rings is 1. The number of ether oxygens (including phenoxy) is 1. The lowest BCUT2D eigenvalue weighted by molar-refractivity contribution is -0.131. The minimum Gasteiger partial charge on any atom is -0.494 e. The third-order valence-electron chi connectivity index (χ3n) is 5.95. The normalized spacial score (nSPS) is 16.1. The van der Waals surface area contributed by atoms with Gasteiger partial charge in [-0.15, -0.1) is 0 Å². The van der Waals surface area contributed by atoms with Crippen LogP contribution in [0.5, 0.6) is 5.75 Å². The molecule has 3 aromatic rings. The van der Waals surface area contributed by atoms with E-state index in [0.29, 0.717) is 19.6 Å². The third-order valence-corrected chi connectivity index (χ3v) is 5.95. The molecule has 2 heterocycles. The highest BCUT2D eigenvalue weighted by atomic mass is 19.1. The molecule has 1 saturated heterocycles. The van der Waals surface area contributed by atoms with Gasteiger partial charge in [-0.2, -0.15) is 0 Å². The molecule has 0 aliphatic carbocycles. The van der Waals surface area contributed by atoms with Crippen LogP contribution in [0.1, 0.15) is 48.1 Å². The summed E-state index contributed by atoms with van der Waals surface area (Å²) in [6.07, 6.45) is 5.08. The molecule has 0 N–H and O–H groups in total. The summed E-state index contributed by atoms with van der Waals surface area (Å²) in [6, 6.07) is 18.6. The number of likely N-dealkylation sites (tertiary alicyclic amines) is 1. The molecule has 5 heteroatoms. The Balaban J connectivity index is 1.34. The maximum Gasteiger partial charge on any atom is 0.227 e. The van der Waals surface area contributed by atoms with Gasteiger partial charge in [-0.3, -0.25) is 9.78 Å². The summed E-state index contributed by atoms with van der Waals surface area (Å²) >= 11 is 0. The average Bonchev–Trinajstić information content (AvgIpc) is 2.82. The van der Waals surface area contributed by atoms with Gasteiger partial charge >= 0.3 is 0 Å². The second-order valence-corrected chi connectivity index (χ2v) is 8.33. The maximum absolute atomic E-state index is 13.1. The Morgan fingerprint density at radius 3 is 2.44 bits per heavy atom. The quantitative estimate of drug-likeness (QED) is 0.518. The van der Waals surface area contributed by atoms with Gasteiger partial charge in [0.15, 0.2) is 0 Å². The van der Waals surface area contributed by atoms with E-state index < -0.39 is 0 Å². The van der Waals surface area contributed by atoms with E-state index >= 15 is 0 Å². The number of pyridine rings is 1. The molecule has 0 unspecified atom stereocenters. The number of nitrogens with zero attached hydrogens (tertiary/aromatic N) is 2. The van der Waals surface area contributed by atoms with E-state index in [-0.39, 0.29) is 17.6 Å². The van der Waals surface area contributed by atoms with E-state index in [1.54, 1.807) is 12.1 Å². The Morgan fingerprint density at radius 2 is 1.75 bits per heavy atom. The molecule has 1 aromatic heterocycles. The van der Waals surface area contributed by atoms with Crippen molar-refractivity contribution in [3.63, 3.8) is 0 Å². The molecule has 166 valence electrons. The van der Waals surface area contributed by atoms with Crippen LogP contribution >= 0.6 is 0 Å². The van der Waals surface area contributed by atoms with Crippen LogP contribution in [0.2, 0.25) is 0 Å². The van der Waals surface area contributed by atoms with E-state index in [4.69, 9.17) is 9.72 Å². The van der Waals surface area contributed by atoms with Gasteiger partial charge in [0.1, 0.15) is 11.6 Å². The molecule has 4 nitrogen and oxygen atoms in total. The van der Waals surface area contributed by atoms with Gasteiger partial charge in [0.2, 0.25) is 5.91 Å². The molecule has 1 aliphatic rings. The van der Waals surface area contributed by atoms with Gasteiger partial charge in [0.25, 0.3) is 0 Å². The predicted octanol–water partition coefficient (Wildman–Crippen LogP) is 5.16. The van der Waals surface area contributed by atoms with Crippen molar-refractivity contribution in [2.75, 3.05) is 19.7 Å². The summed E-state index contributed by atoms with van der Waals surface area (Å²) in [5.74, 6) is 0.950. The SMILES string of the molecule is CCOc1ccc(Cc2ccc([C@@H]3CCCN(C(=O)Cc4ccc(F)cc4)C3)nc2)cc1. The monoisotopic (exact) mass is 432 g/mol. The van der Waals surface area contributed by atoms with Crippen molar-refractivity contribution >= 4 is 5.91 Å². The first-order valence-corrected chi connectivity index (χ1v) is 11.3. The zero-order chi connectivity index (χ0) is 22.3. The molecule has 0 saturated carbocycles. The van der Waals surface area contributed by atoms with E-state index in [2.05, 4.69) is 24.3 Å². The van der Waals surface area contributed by atoms with Crippen LogP contribution in [-0.2, 0) is 17.6 Å². The molecule has 0 spiro atoms. The van der Waals surface area contributed by atoms with Crippen molar-refractivity contribution in [2.45, 2.75) is 38.5 Å². The summed E-state index contributed by atoms with van der Waals surface area (Å²) in [4.78, 5) is 19.4. The van der Waals surface area contributed by atoms with Crippen LogP contribution in [0.3, 0.4) is 0 Å².